The molecule has 5 rings (SSSR count). The molecule has 7 nitrogen and oxygen atoms in total. The Bertz CT molecular complexity index is 701. The lowest BCUT2D eigenvalue weighted by Crippen LogP contribution is -2.52. The summed E-state index contributed by atoms with van der Waals surface area (Å²) in [5.74, 6) is 2.48. The van der Waals surface area contributed by atoms with Gasteiger partial charge in [-0.25, -0.2) is 0 Å². The van der Waals surface area contributed by atoms with Crippen LogP contribution >= 0.6 is 0 Å². The highest BCUT2D eigenvalue weighted by atomic mass is 16.5. The molecule has 1 aliphatic carbocycles. The summed E-state index contributed by atoms with van der Waals surface area (Å²) in [6, 6.07) is 0. The molecule has 1 aromatic rings. The van der Waals surface area contributed by atoms with Crippen molar-refractivity contribution in [2.75, 3.05) is 32.8 Å². The molecule has 3 saturated heterocycles. The van der Waals surface area contributed by atoms with Gasteiger partial charge in [0.15, 0.2) is 5.82 Å². The number of amides is 1. The standard InChI is InChI=1S/C22H34N4O3/c27-20-7-8-22(16-26(20)14-18-6-3-13-28-18)9-11-25(12-10-22)15-19-23-21(29-24-19)17-4-1-2-5-17/h17-18H,1-16H2. The summed E-state index contributed by atoms with van der Waals surface area (Å²) in [6.07, 6.45) is 11.4. The van der Waals surface area contributed by atoms with E-state index in [4.69, 9.17) is 9.26 Å². The van der Waals surface area contributed by atoms with Crippen LogP contribution in [0.2, 0.25) is 0 Å². The number of ether oxygens (including phenoxy) is 1. The molecule has 0 N–H and O–H groups in total. The number of likely N-dealkylation sites (tertiary alicyclic amines) is 2. The van der Waals surface area contributed by atoms with E-state index in [1.807, 2.05) is 0 Å². The van der Waals surface area contributed by atoms with E-state index < -0.39 is 0 Å². The first kappa shape index (κ1) is 19.5. The van der Waals surface area contributed by atoms with Crippen molar-refractivity contribution in [1.82, 2.24) is 19.9 Å². The fraction of sp³-hybridized carbons (Fsp3) is 0.864. The molecule has 1 aromatic heterocycles. The van der Waals surface area contributed by atoms with Gasteiger partial charge in [0.05, 0.1) is 12.6 Å². The topological polar surface area (TPSA) is 71.7 Å². The fourth-order valence-electron chi connectivity index (χ4n) is 5.77. The Hall–Kier alpha value is -1.47. The van der Waals surface area contributed by atoms with Gasteiger partial charge in [-0.2, -0.15) is 4.98 Å². The Morgan fingerprint density at radius 2 is 1.90 bits per heavy atom. The summed E-state index contributed by atoms with van der Waals surface area (Å²) in [5.41, 5.74) is 0.287. The van der Waals surface area contributed by atoms with Crippen LogP contribution in [0.3, 0.4) is 0 Å². The van der Waals surface area contributed by atoms with Crippen LogP contribution in [-0.4, -0.2) is 64.7 Å². The minimum Gasteiger partial charge on any atom is -0.376 e. The number of piperidine rings is 2. The monoisotopic (exact) mass is 402 g/mol. The van der Waals surface area contributed by atoms with Crippen molar-refractivity contribution >= 4 is 5.91 Å². The normalized spacial score (nSPS) is 28.6. The molecular weight excluding hydrogens is 368 g/mol. The van der Waals surface area contributed by atoms with Crippen molar-refractivity contribution in [3.63, 3.8) is 0 Å². The highest BCUT2D eigenvalue weighted by Gasteiger charge is 2.41. The van der Waals surface area contributed by atoms with E-state index in [1.54, 1.807) is 0 Å². The molecule has 1 unspecified atom stereocenters. The van der Waals surface area contributed by atoms with Crippen molar-refractivity contribution in [1.29, 1.82) is 0 Å². The van der Waals surface area contributed by atoms with Gasteiger partial charge in [-0.3, -0.25) is 9.69 Å². The van der Waals surface area contributed by atoms with Crippen LogP contribution in [0.1, 0.15) is 81.8 Å². The second-order valence-corrected chi connectivity index (χ2v) is 9.72. The quantitative estimate of drug-likeness (QED) is 0.754. The third-order valence-electron chi connectivity index (χ3n) is 7.67. The van der Waals surface area contributed by atoms with Gasteiger partial charge in [-0.1, -0.05) is 18.0 Å². The zero-order chi connectivity index (χ0) is 19.7. The highest BCUT2D eigenvalue weighted by Crippen LogP contribution is 2.41. The van der Waals surface area contributed by atoms with E-state index in [0.29, 0.717) is 18.2 Å². The Balaban J connectivity index is 1.14. The van der Waals surface area contributed by atoms with Crippen LogP contribution in [-0.2, 0) is 16.1 Å². The van der Waals surface area contributed by atoms with E-state index in [9.17, 15) is 4.79 Å². The second kappa shape index (κ2) is 8.34. The predicted octanol–water partition coefficient (Wildman–Crippen LogP) is 3.11. The molecular formula is C22H34N4O3. The number of carbonyl (C=O) groups is 1. The number of hydrogen-bond acceptors (Lipinski definition) is 6. The third kappa shape index (κ3) is 4.36. The average Bonchev–Trinajstić information content (AvgIpc) is 3.49. The van der Waals surface area contributed by atoms with Gasteiger partial charge in [0.2, 0.25) is 11.8 Å². The van der Waals surface area contributed by atoms with Crippen molar-refractivity contribution in [3.8, 4) is 0 Å². The van der Waals surface area contributed by atoms with Crippen LogP contribution < -0.4 is 0 Å². The summed E-state index contributed by atoms with van der Waals surface area (Å²) >= 11 is 0. The van der Waals surface area contributed by atoms with E-state index in [2.05, 4.69) is 19.9 Å². The molecule has 1 amide bonds. The third-order valence-corrected chi connectivity index (χ3v) is 7.67. The zero-order valence-corrected chi connectivity index (χ0v) is 17.5. The van der Waals surface area contributed by atoms with E-state index >= 15 is 0 Å². The Morgan fingerprint density at radius 3 is 2.66 bits per heavy atom. The average molecular weight is 403 g/mol. The summed E-state index contributed by atoms with van der Waals surface area (Å²) in [6.45, 7) is 5.44. The van der Waals surface area contributed by atoms with Crippen LogP contribution in [0.15, 0.2) is 4.52 Å². The molecule has 3 aliphatic heterocycles. The van der Waals surface area contributed by atoms with Gasteiger partial charge in [0, 0.05) is 32.0 Å². The molecule has 1 spiro atoms. The van der Waals surface area contributed by atoms with E-state index in [-0.39, 0.29) is 11.5 Å². The lowest BCUT2D eigenvalue weighted by atomic mass is 9.72. The highest BCUT2D eigenvalue weighted by molar-refractivity contribution is 5.77. The molecule has 160 valence electrons. The van der Waals surface area contributed by atoms with Crippen LogP contribution in [0, 0.1) is 5.41 Å². The Morgan fingerprint density at radius 1 is 1.07 bits per heavy atom. The Labute approximate surface area is 173 Å². The van der Waals surface area contributed by atoms with Gasteiger partial charge >= 0.3 is 0 Å². The molecule has 7 heteroatoms. The summed E-state index contributed by atoms with van der Waals surface area (Å²) in [4.78, 5) is 21.7. The van der Waals surface area contributed by atoms with Crippen molar-refractivity contribution in [2.24, 2.45) is 5.41 Å². The summed E-state index contributed by atoms with van der Waals surface area (Å²) in [7, 11) is 0. The smallest absolute Gasteiger partial charge is 0.229 e. The Kier molecular flexibility index (Phi) is 5.61. The SMILES string of the molecule is O=C1CCC2(CCN(Cc3noc(C4CCCC4)n3)CC2)CN1CC1CCCO1. The predicted molar refractivity (Wildman–Crippen MR) is 107 cm³/mol. The minimum absolute atomic E-state index is 0.251. The lowest BCUT2D eigenvalue weighted by Gasteiger charge is -2.47. The first-order valence-corrected chi connectivity index (χ1v) is 11.6. The molecule has 4 aliphatic rings. The number of rotatable bonds is 5. The summed E-state index contributed by atoms with van der Waals surface area (Å²) in [5, 5.41) is 4.24. The molecule has 0 radical (unpaired) electrons. The fourth-order valence-corrected chi connectivity index (χ4v) is 5.77. The second-order valence-electron chi connectivity index (χ2n) is 9.72. The first-order chi connectivity index (χ1) is 14.2. The lowest BCUT2D eigenvalue weighted by molar-refractivity contribution is -0.141. The maximum absolute atomic E-state index is 12.5. The van der Waals surface area contributed by atoms with Crippen molar-refractivity contribution in [3.05, 3.63) is 11.7 Å². The van der Waals surface area contributed by atoms with Crippen LogP contribution in [0.4, 0.5) is 0 Å². The van der Waals surface area contributed by atoms with Gasteiger partial charge in [-0.05, 0) is 63.5 Å². The number of aromatic nitrogens is 2. The zero-order valence-electron chi connectivity index (χ0n) is 17.5. The summed E-state index contributed by atoms with van der Waals surface area (Å²) < 4.78 is 11.3. The van der Waals surface area contributed by atoms with E-state index in [1.165, 1.54) is 25.7 Å². The molecule has 1 atom stereocenters. The van der Waals surface area contributed by atoms with Gasteiger partial charge < -0.3 is 14.2 Å². The van der Waals surface area contributed by atoms with Gasteiger partial charge in [-0.15, -0.1) is 0 Å². The number of nitrogens with zero attached hydrogens (tertiary/aromatic N) is 4. The molecule has 29 heavy (non-hydrogen) atoms. The maximum Gasteiger partial charge on any atom is 0.229 e. The van der Waals surface area contributed by atoms with Crippen LogP contribution in [0.5, 0.6) is 0 Å². The molecule has 4 heterocycles. The first-order valence-electron chi connectivity index (χ1n) is 11.6. The van der Waals surface area contributed by atoms with Crippen LogP contribution in [0.25, 0.3) is 0 Å². The number of carbonyl (C=O) groups excluding carboxylic acids is 1. The molecule has 4 fully saturated rings. The van der Waals surface area contributed by atoms with Crippen molar-refractivity contribution in [2.45, 2.75) is 82.8 Å². The molecule has 0 aromatic carbocycles. The van der Waals surface area contributed by atoms with E-state index in [0.717, 1.165) is 83.1 Å². The molecule has 0 bridgehead atoms. The largest absolute Gasteiger partial charge is 0.376 e. The van der Waals surface area contributed by atoms with Gasteiger partial charge in [0.25, 0.3) is 0 Å². The van der Waals surface area contributed by atoms with Gasteiger partial charge in [0.1, 0.15) is 0 Å². The maximum atomic E-state index is 12.5. The van der Waals surface area contributed by atoms with Crippen molar-refractivity contribution < 1.29 is 14.1 Å². The molecule has 1 saturated carbocycles. The minimum atomic E-state index is 0.251. The number of hydrogen-bond donors (Lipinski definition) is 0.